The molecule has 0 atom stereocenters. The van der Waals surface area contributed by atoms with Crippen LogP contribution in [0.2, 0.25) is 0 Å². The Balaban J connectivity index is 2.19. The zero-order chi connectivity index (χ0) is 15.0. The Bertz CT molecular complexity index is 822. The molecule has 3 heterocycles. The number of aromatic nitrogens is 3. The summed E-state index contributed by atoms with van der Waals surface area (Å²) in [6.45, 7) is 3.99. The molecule has 0 spiro atoms. The number of nitrogens with zero attached hydrogens (tertiary/aromatic N) is 3. The summed E-state index contributed by atoms with van der Waals surface area (Å²) in [5.74, 6) is -0.475. The quantitative estimate of drug-likeness (QED) is 0.752. The number of carbonyl (C=O) groups is 1. The van der Waals surface area contributed by atoms with Crippen molar-refractivity contribution in [2.45, 2.75) is 13.8 Å². The lowest BCUT2D eigenvalue weighted by Crippen LogP contribution is -2.07. The van der Waals surface area contributed by atoms with Crippen LogP contribution in [0.5, 0.6) is 0 Å². The molecule has 0 aromatic carbocycles. The Kier molecular flexibility index (Phi) is 3.34. The number of pyridine rings is 1. The van der Waals surface area contributed by atoms with Gasteiger partial charge < -0.3 is 14.9 Å². The van der Waals surface area contributed by atoms with E-state index in [0.717, 1.165) is 11.3 Å². The van der Waals surface area contributed by atoms with Crippen molar-refractivity contribution in [3.63, 3.8) is 0 Å². The van der Waals surface area contributed by atoms with Crippen LogP contribution in [0.1, 0.15) is 23.1 Å². The van der Waals surface area contributed by atoms with E-state index in [1.165, 1.54) is 11.3 Å². The maximum Gasteiger partial charge on any atom is 0.358 e. The van der Waals surface area contributed by atoms with Gasteiger partial charge in [-0.25, -0.2) is 14.8 Å². The van der Waals surface area contributed by atoms with E-state index in [9.17, 15) is 4.79 Å². The Morgan fingerprint density at radius 1 is 1.43 bits per heavy atom. The van der Waals surface area contributed by atoms with Gasteiger partial charge in [0, 0.05) is 11.9 Å². The number of ether oxygens (including phenoxy) is 1. The molecule has 21 heavy (non-hydrogen) atoms. The number of aryl methyl sites for hydroxylation is 1. The van der Waals surface area contributed by atoms with E-state index in [1.807, 2.05) is 35.7 Å². The second-order valence-corrected chi connectivity index (χ2v) is 5.46. The second kappa shape index (κ2) is 5.17. The monoisotopic (exact) mass is 302 g/mol. The van der Waals surface area contributed by atoms with Crippen LogP contribution in [0, 0.1) is 6.92 Å². The highest BCUT2D eigenvalue weighted by Gasteiger charge is 2.23. The number of carbonyl (C=O) groups excluding carboxylic acids is 1. The molecule has 0 aliphatic heterocycles. The van der Waals surface area contributed by atoms with E-state index in [1.54, 1.807) is 6.92 Å². The summed E-state index contributed by atoms with van der Waals surface area (Å²) in [6.07, 6.45) is 1.93. The van der Waals surface area contributed by atoms with Crippen LogP contribution >= 0.6 is 11.3 Å². The van der Waals surface area contributed by atoms with Gasteiger partial charge in [0.25, 0.3) is 0 Å². The lowest BCUT2D eigenvalue weighted by Gasteiger charge is -2.01. The summed E-state index contributed by atoms with van der Waals surface area (Å²) < 4.78 is 6.99. The normalized spacial score (nSPS) is 11.0. The number of thiazole rings is 1. The van der Waals surface area contributed by atoms with E-state index in [2.05, 4.69) is 9.97 Å². The predicted octanol–water partition coefficient (Wildman–Crippen LogP) is 2.53. The summed E-state index contributed by atoms with van der Waals surface area (Å²) in [4.78, 5) is 21.3. The van der Waals surface area contributed by atoms with E-state index in [4.69, 9.17) is 10.5 Å². The first-order valence-electron chi connectivity index (χ1n) is 6.49. The number of nitrogen functional groups attached to an aromatic ring is 1. The maximum absolute atomic E-state index is 12.0. The molecule has 0 bridgehead atoms. The van der Waals surface area contributed by atoms with Crippen molar-refractivity contribution in [1.82, 2.24) is 14.4 Å². The molecule has 0 aliphatic rings. The van der Waals surface area contributed by atoms with Gasteiger partial charge in [-0.1, -0.05) is 17.4 Å². The first-order valence-corrected chi connectivity index (χ1v) is 7.31. The SMILES string of the molecule is CCOC(=O)c1nc(N)sc1-c1nc2ccccn2c1C. The first kappa shape index (κ1) is 13.6. The molecule has 0 aliphatic carbocycles. The fourth-order valence-electron chi connectivity index (χ4n) is 2.17. The van der Waals surface area contributed by atoms with Gasteiger partial charge in [0.2, 0.25) is 0 Å². The minimum atomic E-state index is -0.475. The van der Waals surface area contributed by atoms with Gasteiger partial charge in [0.15, 0.2) is 10.8 Å². The number of fused-ring (bicyclic) bond motifs is 1. The van der Waals surface area contributed by atoms with Crippen molar-refractivity contribution in [3.8, 4) is 10.6 Å². The van der Waals surface area contributed by atoms with Crippen LogP contribution in [0.15, 0.2) is 24.4 Å². The van der Waals surface area contributed by atoms with Crippen LogP contribution in [0.4, 0.5) is 5.13 Å². The van der Waals surface area contributed by atoms with Crippen LogP contribution in [-0.2, 0) is 4.74 Å². The van der Waals surface area contributed by atoms with Crippen molar-refractivity contribution in [2.75, 3.05) is 12.3 Å². The minimum absolute atomic E-state index is 0.228. The highest BCUT2D eigenvalue weighted by Crippen LogP contribution is 2.34. The Morgan fingerprint density at radius 3 is 2.95 bits per heavy atom. The van der Waals surface area contributed by atoms with E-state index < -0.39 is 5.97 Å². The number of nitrogens with two attached hydrogens (primary N) is 1. The Morgan fingerprint density at radius 2 is 2.24 bits per heavy atom. The molecule has 3 aromatic heterocycles. The molecule has 3 aromatic rings. The Hall–Kier alpha value is -2.41. The van der Waals surface area contributed by atoms with Gasteiger partial charge in [0.1, 0.15) is 11.3 Å². The number of esters is 1. The fourth-order valence-corrected chi connectivity index (χ4v) is 3.03. The van der Waals surface area contributed by atoms with E-state index in [-0.39, 0.29) is 5.69 Å². The van der Waals surface area contributed by atoms with Crippen molar-refractivity contribution in [1.29, 1.82) is 0 Å². The highest BCUT2D eigenvalue weighted by atomic mass is 32.1. The zero-order valence-electron chi connectivity index (χ0n) is 11.7. The number of imidazole rings is 1. The molecule has 0 unspecified atom stereocenters. The molecule has 6 nitrogen and oxygen atoms in total. The summed E-state index contributed by atoms with van der Waals surface area (Å²) in [6, 6.07) is 5.75. The van der Waals surface area contributed by atoms with Gasteiger partial charge in [-0.3, -0.25) is 0 Å². The van der Waals surface area contributed by atoms with Crippen LogP contribution in [0.25, 0.3) is 16.2 Å². The van der Waals surface area contributed by atoms with Gasteiger partial charge in [-0.05, 0) is 26.0 Å². The van der Waals surface area contributed by atoms with Crippen molar-refractivity contribution in [3.05, 3.63) is 35.8 Å². The molecule has 0 saturated carbocycles. The predicted molar refractivity (Wildman–Crippen MR) is 81.4 cm³/mol. The molecule has 7 heteroatoms. The summed E-state index contributed by atoms with van der Waals surface area (Å²) in [5, 5.41) is 0.324. The molecule has 3 rings (SSSR count). The topological polar surface area (TPSA) is 82.5 Å². The maximum atomic E-state index is 12.0. The van der Waals surface area contributed by atoms with E-state index in [0.29, 0.717) is 22.3 Å². The molecule has 0 saturated heterocycles. The second-order valence-electron chi connectivity index (χ2n) is 4.42. The molecular weight excluding hydrogens is 288 g/mol. The van der Waals surface area contributed by atoms with Gasteiger partial charge in [-0.2, -0.15) is 0 Å². The lowest BCUT2D eigenvalue weighted by molar-refractivity contribution is 0.0521. The van der Waals surface area contributed by atoms with Crippen LogP contribution < -0.4 is 5.73 Å². The summed E-state index contributed by atoms with van der Waals surface area (Å²) in [7, 11) is 0. The third kappa shape index (κ3) is 2.25. The highest BCUT2D eigenvalue weighted by molar-refractivity contribution is 7.19. The fraction of sp³-hybridized carbons (Fsp3) is 0.214. The average molecular weight is 302 g/mol. The van der Waals surface area contributed by atoms with Crippen LogP contribution in [0.3, 0.4) is 0 Å². The van der Waals surface area contributed by atoms with Gasteiger partial charge in [-0.15, -0.1) is 0 Å². The smallest absolute Gasteiger partial charge is 0.358 e. The zero-order valence-corrected chi connectivity index (χ0v) is 12.5. The van der Waals surface area contributed by atoms with Crippen molar-refractivity contribution < 1.29 is 9.53 Å². The van der Waals surface area contributed by atoms with Crippen molar-refractivity contribution in [2.24, 2.45) is 0 Å². The molecule has 0 amide bonds. The molecule has 2 N–H and O–H groups in total. The van der Waals surface area contributed by atoms with Crippen molar-refractivity contribution >= 4 is 28.1 Å². The lowest BCUT2D eigenvalue weighted by atomic mass is 10.2. The van der Waals surface area contributed by atoms with Gasteiger partial charge >= 0.3 is 5.97 Å². The number of hydrogen-bond acceptors (Lipinski definition) is 6. The Labute approximate surface area is 125 Å². The third-order valence-corrected chi connectivity index (χ3v) is 3.99. The number of anilines is 1. The summed E-state index contributed by atoms with van der Waals surface area (Å²) in [5.41, 5.74) is 8.44. The van der Waals surface area contributed by atoms with E-state index >= 15 is 0 Å². The third-order valence-electron chi connectivity index (χ3n) is 3.10. The number of rotatable bonds is 3. The average Bonchev–Trinajstić information content (AvgIpc) is 3.01. The molecular formula is C14H14N4O2S. The molecule has 0 radical (unpaired) electrons. The van der Waals surface area contributed by atoms with Crippen LogP contribution in [-0.4, -0.2) is 26.9 Å². The minimum Gasteiger partial charge on any atom is -0.461 e. The molecule has 0 fully saturated rings. The summed E-state index contributed by atoms with van der Waals surface area (Å²) >= 11 is 1.24. The standard InChI is InChI=1S/C14H14N4O2S/c1-3-20-13(19)11-12(21-14(15)17-11)10-8(2)18-7-5-4-6-9(18)16-10/h4-7H,3H2,1-2H3,(H2,15,17). The largest absolute Gasteiger partial charge is 0.461 e. The van der Waals surface area contributed by atoms with Gasteiger partial charge in [0.05, 0.1) is 11.5 Å². The molecule has 108 valence electrons. The number of hydrogen-bond donors (Lipinski definition) is 1. The first-order chi connectivity index (χ1) is 10.1.